The van der Waals surface area contributed by atoms with Gasteiger partial charge in [-0.05, 0) is 69.0 Å². The van der Waals surface area contributed by atoms with Gasteiger partial charge >= 0.3 is 0 Å². The topological polar surface area (TPSA) is 130 Å². The lowest BCUT2D eigenvalue weighted by Gasteiger charge is -2.23. The van der Waals surface area contributed by atoms with Gasteiger partial charge in [-0.1, -0.05) is 37.3 Å². The molecule has 5 N–H and O–H groups in total. The summed E-state index contributed by atoms with van der Waals surface area (Å²) in [6, 6.07) is 10.7. The highest BCUT2D eigenvalue weighted by molar-refractivity contribution is 5.73. The van der Waals surface area contributed by atoms with E-state index < -0.39 is 0 Å². The number of benzene rings is 1. The third kappa shape index (κ3) is 7.79. The van der Waals surface area contributed by atoms with Crippen molar-refractivity contribution in [2.75, 3.05) is 49.1 Å². The van der Waals surface area contributed by atoms with Crippen LogP contribution in [0.5, 0.6) is 5.75 Å². The molecule has 0 aliphatic carbocycles. The number of nitrogens with two attached hydrogens (primary N) is 2. The molecule has 0 amide bonds. The smallest absolute Gasteiger partial charge is 0.206 e. The van der Waals surface area contributed by atoms with E-state index in [9.17, 15) is 5.11 Å². The van der Waals surface area contributed by atoms with Crippen LogP contribution in [-0.4, -0.2) is 62.9 Å². The summed E-state index contributed by atoms with van der Waals surface area (Å²) >= 11 is 0. The Kier molecular flexibility index (Phi) is 9.49. The standard InChI is InChI=1S/C16H20N4O.C12H16N4/c17-16-14(20-9-5-1-2-6-10-20)11-13(18-19-16)12-7-3-4-8-15(12)21;13-11-6-7-14-12(15-11)5-4-10-16-8-2-1-3-9-16/h3-4,7-8,11,21H,1-2,5-6,9-10H2,(H2,17,19);6-7H,1-3,8-10H2,(H2,13,14,15). The Bertz CT molecular complexity index is 1210. The zero-order valence-electron chi connectivity index (χ0n) is 21.3. The van der Waals surface area contributed by atoms with Gasteiger partial charge in [-0.2, -0.15) is 0 Å². The largest absolute Gasteiger partial charge is 0.507 e. The van der Waals surface area contributed by atoms with E-state index in [-0.39, 0.29) is 5.75 Å². The van der Waals surface area contributed by atoms with E-state index in [4.69, 9.17) is 11.5 Å². The van der Waals surface area contributed by atoms with Gasteiger partial charge in [0.15, 0.2) is 5.82 Å². The highest BCUT2D eigenvalue weighted by Crippen LogP contribution is 2.32. The molecule has 2 saturated heterocycles. The van der Waals surface area contributed by atoms with Crippen LogP contribution in [0.4, 0.5) is 17.3 Å². The second kappa shape index (κ2) is 13.4. The van der Waals surface area contributed by atoms with Crippen molar-refractivity contribution in [1.82, 2.24) is 25.1 Å². The van der Waals surface area contributed by atoms with Crippen LogP contribution in [0.2, 0.25) is 0 Å². The third-order valence-corrected chi connectivity index (χ3v) is 6.56. The van der Waals surface area contributed by atoms with Crippen molar-refractivity contribution in [1.29, 1.82) is 0 Å². The van der Waals surface area contributed by atoms with E-state index >= 15 is 0 Å². The zero-order chi connectivity index (χ0) is 25.9. The van der Waals surface area contributed by atoms with Crippen LogP contribution in [-0.2, 0) is 0 Å². The molecule has 0 saturated carbocycles. The first-order valence-electron chi connectivity index (χ1n) is 13.1. The number of hydrogen-bond acceptors (Lipinski definition) is 9. The molecule has 0 atom stereocenters. The number of piperidine rings is 1. The molecule has 37 heavy (non-hydrogen) atoms. The van der Waals surface area contributed by atoms with E-state index in [1.807, 2.05) is 18.2 Å². The second-order valence-corrected chi connectivity index (χ2v) is 9.36. The monoisotopic (exact) mass is 500 g/mol. The van der Waals surface area contributed by atoms with Gasteiger partial charge in [0.1, 0.15) is 11.6 Å². The molecule has 1 aromatic carbocycles. The minimum atomic E-state index is 0.207. The van der Waals surface area contributed by atoms with Crippen LogP contribution in [0, 0.1) is 11.8 Å². The minimum absolute atomic E-state index is 0.207. The predicted octanol–water partition coefficient (Wildman–Crippen LogP) is 3.71. The van der Waals surface area contributed by atoms with Gasteiger partial charge in [0.2, 0.25) is 5.82 Å². The number of hydrogen-bond donors (Lipinski definition) is 3. The Morgan fingerprint density at radius 3 is 2.30 bits per heavy atom. The lowest BCUT2D eigenvalue weighted by atomic mass is 10.1. The molecular formula is C28H36N8O. The highest BCUT2D eigenvalue weighted by Gasteiger charge is 2.16. The molecule has 5 rings (SSSR count). The molecule has 0 unspecified atom stereocenters. The van der Waals surface area contributed by atoms with E-state index in [1.165, 1.54) is 44.9 Å². The molecule has 0 radical (unpaired) electrons. The van der Waals surface area contributed by atoms with Gasteiger partial charge in [-0.15, -0.1) is 10.2 Å². The fourth-order valence-electron chi connectivity index (χ4n) is 4.56. The van der Waals surface area contributed by atoms with E-state index in [0.717, 1.165) is 38.4 Å². The number of aromatic hydroxyl groups is 1. The van der Waals surface area contributed by atoms with E-state index in [2.05, 4.69) is 41.8 Å². The Labute approximate surface area is 218 Å². The summed E-state index contributed by atoms with van der Waals surface area (Å²) in [7, 11) is 0. The summed E-state index contributed by atoms with van der Waals surface area (Å²) in [5, 5.41) is 18.2. The summed E-state index contributed by atoms with van der Waals surface area (Å²) in [5.41, 5.74) is 13.8. The Morgan fingerprint density at radius 1 is 0.865 bits per heavy atom. The molecule has 194 valence electrons. The van der Waals surface area contributed by atoms with Crippen LogP contribution >= 0.6 is 0 Å². The number of nitrogen functional groups attached to an aromatic ring is 2. The Balaban J connectivity index is 0.000000180. The molecule has 9 heteroatoms. The van der Waals surface area contributed by atoms with Gasteiger partial charge in [0.05, 0.1) is 17.9 Å². The zero-order valence-corrected chi connectivity index (χ0v) is 21.3. The first-order valence-corrected chi connectivity index (χ1v) is 13.1. The molecule has 2 aliphatic heterocycles. The fourth-order valence-corrected chi connectivity index (χ4v) is 4.56. The van der Waals surface area contributed by atoms with Crippen molar-refractivity contribution in [3.8, 4) is 28.8 Å². The molecule has 0 bridgehead atoms. The van der Waals surface area contributed by atoms with Gasteiger partial charge in [0, 0.05) is 24.8 Å². The number of para-hydroxylation sites is 1. The van der Waals surface area contributed by atoms with Crippen LogP contribution in [0.25, 0.3) is 11.3 Å². The Hall–Kier alpha value is -3.90. The fraction of sp³-hybridized carbons (Fsp3) is 0.429. The maximum Gasteiger partial charge on any atom is 0.206 e. The second-order valence-electron chi connectivity index (χ2n) is 9.36. The van der Waals surface area contributed by atoms with Crippen molar-refractivity contribution in [2.24, 2.45) is 0 Å². The number of anilines is 3. The molecule has 2 aliphatic rings. The van der Waals surface area contributed by atoms with Gasteiger partial charge in [-0.3, -0.25) is 4.90 Å². The number of likely N-dealkylation sites (tertiary alicyclic amines) is 1. The average molecular weight is 501 g/mol. The maximum atomic E-state index is 9.97. The SMILES string of the molecule is Nc1ccnc(C#CCN2CCCCC2)n1.Nc1nnc(-c2ccccc2O)cc1N1CCCCCC1. The van der Waals surface area contributed by atoms with Gasteiger partial charge in [-0.25, -0.2) is 9.97 Å². The quantitative estimate of drug-likeness (QED) is 0.461. The molecular weight excluding hydrogens is 464 g/mol. The van der Waals surface area contributed by atoms with Crippen molar-refractivity contribution >= 4 is 17.3 Å². The molecule has 2 fully saturated rings. The van der Waals surface area contributed by atoms with Crippen LogP contribution < -0.4 is 16.4 Å². The van der Waals surface area contributed by atoms with Crippen LogP contribution in [0.15, 0.2) is 42.6 Å². The molecule has 3 aromatic rings. The number of phenols is 1. The first-order chi connectivity index (χ1) is 18.1. The number of rotatable bonds is 3. The Morgan fingerprint density at radius 2 is 1.57 bits per heavy atom. The predicted molar refractivity (Wildman–Crippen MR) is 148 cm³/mol. The van der Waals surface area contributed by atoms with Crippen molar-refractivity contribution in [3.63, 3.8) is 0 Å². The van der Waals surface area contributed by atoms with Crippen molar-refractivity contribution < 1.29 is 5.11 Å². The number of aromatic nitrogens is 4. The first kappa shape index (κ1) is 26.2. The van der Waals surface area contributed by atoms with Crippen molar-refractivity contribution in [3.05, 3.63) is 48.4 Å². The summed E-state index contributed by atoms with van der Waals surface area (Å²) in [5.74, 6) is 7.68. The highest BCUT2D eigenvalue weighted by atomic mass is 16.3. The molecule has 0 spiro atoms. The van der Waals surface area contributed by atoms with Crippen LogP contribution in [0.1, 0.15) is 50.8 Å². The van der Waals surface area contributed by atoms with Crippen LogP contribution in [0.3, 0.4) is 0 Å². The van der Waals surface area contributed by atoms with E-state index in [0.29, 0.717) is 28.7 Å². The molecule has 2 aromatic heterocycles. The normalized spacial score (nSPS) is 16.1. The van der Waals surface area contributed by atoms with Gasteiger partial charge < -0.3 is 21.5 Å². The maximum absolute atomic E-state index is 9.97. The van der Waals surface area contributed by atoms with Gasteiger partial charge in [0.25, 0.3) is 0 Å². The third-order valence-electron chi connectivity index (χ3n) is 6.56. The summed E-state index contributed by atoms with van der Waals surface area (Å²) in [6.45, 7) is 5.11. The average Bonchev–Trinajstić information content (AvgIpc) is 3.20. The summed E-state index contributed by atoms with van der Waals surface area (Å²) in [4.78, 5) is 12.7. The molecule has 9 nitrogen and oxygen atoms in total. The number of phenolic OH excluding ortho intramolecular Hbond substituents is 1. The number of nitrogens with zero attached hydrogens (tertiary/aromatic N) is 6. The van der Waals surface area contributed by atoms with Crippen molar-refractivity contribution in [2.45, 2.75) is 44.9 Å². The lowest BCUT2D eigenvalue weighted by molar-refractivity contribution is 0.255. The van der Waals surface area contributed by atoms with E-state index in [1.54, 1.807) is 24.4 Å². The summed E-state index contributed by atoms with van der Waals surface area (Å²) < 4.78 is 0. The summed E-state index contributed by atoms with van der Waals surface area (Å²) in [6.07, 6.45) is 10.4. The molecule has 4 heterocycles. The lowest BCUT2D eigenvalue weighted by Crippen LogP contribution is -2.29. The minimum Gasteiger partial charge on any atom is -0.507 e.